The van der Waals surface area contributed by atoms with Gasteiger partial charge in [0.1, 0.15) is 18.3 Å². The zero-order valence-corrected chi connectivity index (χ0v) is 7.22. The van der Waals surface area contributed by atoms with Crippen molar-refractivity contribution in [2.45, 2.75) is 36.9 Å². The van der Waals surface area contributed by atoms with Gasteiger partial charge in [0.05, 0.1) is 13.2 Å². The van der Waals surface area contributed by atoms with Crippen LogP contribution in [-0.4, -0.2) is 52.6 Å². The first-order valence-electron chi connectivity index (χ1n) is 4.48. The van der Waals surface area contributed by atoms with Crippen LogP contribution >= 0.6 is 0 Å². The number of ether oxygens (including phenoxy) is 2. The molecule has 2 aliphatic heterocycles. The molecule has 0 aliphatic carbocycles. The summed E-state index contributed by atoms with van der Waals surface area (Å²) in [6.07, 6.45) is -1.98. The molecular weight excluding hydrogens is 176 g/mol. The molecule has 0 bridgehead atoms. The second kappa shape index (κ2) is 3.18. The van der Waals surface area contributed by atoms with Crippen LogP contribution in [0.4, 0.5) is 0 Å². The van der Waals surface area contributed by atoms with Gasteiger partial charge in [-0.25, -0.2) is 0 Å². The zero-order chi connectivity index (χ0) is 9.47. The Morgan fingerprint density at radius 1 is 1.15 bits per heavy atom. The van der Waals surface area contributed by atoms with E-state index >= 15 is 0 Å². The molecule has 13 heavy (non-hydrogen) atoms. The fourth-order valence-corrected chi connectivity index (χ4v) is 1.86. The van der Waals surface area contributed by atoms with Gasteiger partial charge in [-0.15, -0.1) is 0 Å². The van der Waals surface area contributed by atoms with E-state index in [-0.39, 0.29) is 6.61 Å². The molecule has 0 aromatic rings. The number of aliphatic hydroxyl groups excluding tert-OH is 3. The molecule has 0 unspecified atom stereocenters. The summed E-state index contributed by atoms with van der Waals surface area (Å²) in [6.45, 7) is 0.540. The highest BCUT2D eigenvalue weighted by molar-refractivity contribution is 4.94. The van der Waals surface area contributed by atoms with Gasteiger partial charge in [0.2, 0.25) is 0 Å². The Morgan fingerprint density at radius 3 is 2.54 bits per heavy atom. The smallest absolute Gasteiger partial charge is 0.197 e. The van der Waals surface area contributed by atoms with Gasteiger partial charge in [0.25, 0.3) is 0 Å². The molecule has 2 heterocycles. The van der Waals surface area contributed by atoms with Gasteiger partial charge in [0, 0.05) is 6.42 Å². The Morgan fingerprint density at radius 2 is 1.92 bits per heavy atom. The molecule has 0 aromatic carbocycles. The van der Waals surface area contributed by atoms with E-state index in [1.54, 1.807) is 0 Å². The largest absolute Gasteiger partial charge is 0.388 e. The SMILES string of the molecule is O[C@@H]1[C@H](O)CO[C@]2(CCCO2)[C@H]1O. The van der Waals surface area contributed by atoms with Crippen LogP contribution in [0.3, 0.4) is 0 Å². The summed E-state index contributed by atoms with van der Waals surface area (Å²) < 4.78 is 10.5. The van der Waals surface area contributed by atoms with E-state index in [2.05, 4.69) is 0 Å². The van der Waals surface area contributed by atoms with Gasteiger partial charge >= 0.3 is 0 Å². The summed E-state index contributed by atoms with van der Waals surface area (Å²) in [5.41, 5.74) is 0. The molecule has 2 fully saturated rings. The lowest BCUT2D eigenvalue weighted by Gasteiger charge is -2.41. The van der Waals surface area contributed by atoms with Crippen molar-refractivity contribution < 1.29 is 24.8 Å². The van der Waals surface area contributed by atoms with Crippen LogP contribution in [0.2, 0.25) is 0 Å². The molecule has 4 atom stereocenters. The van der Waals surface area contributed by atoms with E-state index in [0.717, 1.165) is 6.42 Å². The van der Waals surface area contributed by atoms with Crippen LogP contribution in [-0.2, 0) is 9.47 Å². The number of hydrogen-bond donors (Lipinski definition) is 3. The van der Waals surface area contributed by atoms with Crippen molar-refractivity contribution in [2.75, 3.05) is 13.2 Å². The maximum atomic E-state index is 9.64. The number of aliphatic hydroxyl groups is 3. The van der Waals surface area contributed by atoms with Gasteiger partial charge < -0.3 is 24.8 Å². The summed E-state index contributed by atoms with van der Waals surface area (Å²) in [5, 5.41) is 28.3. The number of hydrogen-bond acceptors (Lipinski definition) is 5. The number of rotatable bonds is 0. The molecule has 3 N–H and O–H groups in total. The predicted molar refractivity (Wildman–Crippen MR) is 41.9 cm³/mol. The average molecular weight is 190 g/mol. The summed E-state index contributed by atoms with van der Waals surface area (Å²) in [4.78, 5) is 0. The molecule has 2 saturated heterocycles. The van der Waals surface area contributed by atoms with Crippen molar-refractivity contribution in [1.29, 1.82) is 0 Å². The molecule has 0 aromatic heterocycles. The lowest BCUT2D eigenvalue weighted by Crippen LogP contribution is -2.60. The fourth-order valence-electron chi connectivity index (χ4n) is 1.86. The predicted octanol–water partition coefficient (Wildman–Crippen LogP) is -1.39. The normalized spacial score (nSPS) is 51.5. The minimum absolute atomic E-state index is 0.0121. The van der Waals surface area contributed by atoms with Gasteiger partial charge in [-0.05, 0) is 6.42 Å². The molecule has 0 radical (unpaired) electrons. The lowest BCUT2D eigenvalue weighted by molar-refractivity contribution is -0.322. The Hall–Kier alpha value is -0.200. The highest BCUT2D eigenvalue weighted by Crippen LogP contribution is 2.35. The Labute approximate surface area is 75.9 Å². The monoisotopic (exact) mass is 190 g/mol. The summed E-state index contributed by atoms with van der Waals surface area (Å²) in [5.74, 6) is -1.07. The highest BCUT2D eigenvalue weighted by atomic mass is 16.7. The van der Waals surface area contributed by atoms with E-state index in [4.69, 9.17) is 9.47 Å². The third-order valence-electron chi connectivity index (χ3n) is 2.68. The maximum absolute atomic E-state index is 9.64. The summed E-state index contributed by atoms with van der Waals surface area (Å²) in [7, 11) is 0. The van der Waals surface area contributed by atoms with Crippen molar-refractivity contribution in [3.63, 3.8) is 0 Å². The first-order chi connectivity index (χ1) is 6.16. The van der Waals surface area contributed by atoms with Crippen molar-refractivity contribution in [3.05, 3.63) is 0 Å². The van der Waals surface area contributed by atoms with E-state index in [9.17, 15) is 15.3 Å². The van der Waals surface area contributed by atoms with Gasteiger partial charge in [-0.3, -0.25) is 0 Å². The first-order valence-corrected chi connectivity index (χ1v) is 4.48. The molecule has 2 rings (SSSR count). The second-order valence-corrected chi connectivity index (χ2v) is 3.58. The van der Waals surface area contributed by atoms with Crippen molar-refractivity contribution >= 4 is 0 Å². The topological polar surface area (TPSA) is 79.2 Å². The van der Waals surface area contributed by atoms with Crippen LogP contribution in [0.1, 0.15) is 12.8 Å². The standard InChI is InChI=1S/C8H14O5/c9-5-4-13-8(2-1-3-12-8)7(11)6(5)10/h5-7,9-11H,1-4H2/t5-,6-,7+,8-/m1/s1. The molecule has 5 heteroatoms. The lowest BCUT2D eigenvalue weighted by atomic mass is 9.95. The molecule has 5 nitrogen and oxygen atoms in total. The maximum Gasteiger partial charge on any atom is 0.197 e. The van der Waals surface area contributed by atoms with E-state index in [0.29, 0.717) is 13.0 Å². The Bertz CT molecular complexity index is 189. The van der Waals surface area contributed by atoms with Gasteiger partial charge in [-0.1, -0.05) is 0 Å². The summed E-state index contributed by atoms with van der Waals surface area (Å²) in [6, 6.07) is 0. The van der Waals surface area contributed by atoms with Crippen molar-refractivity contribution in [1.82, 2.24) is 0 Å². The second-order valence-electron chi connectivity index (χ2n) is 3.58. The Balaban J connectivity index is 2.13. The van der Waals surface area contributed by atoms with Gasteiger partial charge in [0.15, 0.2) is 5.79 Å². The van der Waals surface area contributed by atoms with Crippen molar-refractivity contribution in [3.8, 4) is 0 Å². The van der Waals surface area contributed by atoms with E-state index < -0.39 is 24.1 Å². The quantitative estimate of drug-likeness (QED) is 0.438. The van der Waals surface area contributed by atoms with Crippen LogP contribution in [0.5, 0.6) is 0 Å². The molecule has 76 valence electrons. The van der Waals surface area contributed by atoms with Crippen molar-refractivity contribution in [2.24, 2.45) is 0 Å². The third-order valence-corrected chi connectivity index (χ3v) is 2.68. The van der Waals surface area contributed by atoms with Crippen LogP contribution in [0.25, 0.3) is 0 Å². The van der Waals surface area contributed by atoms with Crippen LogP contribution in [0.15, 0.2) is 0 Å². The van der Waals surface area contributed by atoms with Gasteiger partial charge in [-0.2, -0.15) is 0 Å². The minimum atomic E-state index is -1.17. The molecular formula is C8H14O5. The highest BCUT2D eigenvalue weighted by Gasteiger charge is 2.52. The Kier molecular flexibility index (Phi) is 2.29. The fraction of sp³-hybridized carbons (Fsp3) is 1.00. The molecule has 1 spiro atoms. The van der Waals surface area contributed by atoms with E-state index in [1.165, 1.54) is 0 Å². The average Bonchev–Trinajstić information content (AvgIpc) is 2.59. The third kappa shape index (κ3) is 1.37. The van der Waals surface area contributed by atoms with E-state index in [1.807, 2.05) is 0 Å². The molecule has 0 saturated carbocycles. The first kappa shape index (κ1) is 9.36. The molecule has 0 amide bonds. The summed E-state index contributed by atoms with van der Waals surface area (Å²) >= 11 is 0. The zero-order valence-electron chi connectivity index (χ0n) is 7.22. The van der Waals surface area contributed by atoms with Crippen LogP contribution < -0.4 is 0 Å². The minimum Gasteiger partial charge on any atom is -0.388 e. The van der Waals surface area contributed by atoms with Crippen LogP contribution in [0, 0.1) is 0 Å². The molecule has 2 aliphatic rings.